The number of hydrogen-bond donors (Lipinski definition) is 1. The lowest BCUT2D eigenvalue weighted by Crippen LogP contribution is -2.35. The van der Waals surface area contributed by atoms with Crippen molar-refractivity contribution in [3.8, 4) is 0 Å². The largest absolute Gasteiger partial charge is 0.316 e. The van der Waals surface area contributed by atoms with Crippen LogP contribution >= 0.6 is 11.8 Å². The summed E-state index contributed by atoms with van der Waals surface area (Å²) in [7, 11) is 1.88. The molecule has 0 spiro atoms. The second-order valence-corrected chi connectivity index (χ2v) is 8.18. The highest BCUT2D eigenvalue weighted by Gasteiger charge is 2.35. The summed E-state index contributed by atoms with van der Waals surface area (Å²) in [6.07, 6.45) is 1.55. The Hall–Kier alpha value is -0.280. The number of nitrogens with one attached hydrogen (secondary N) is 1. The van der Waals surface area contributed by atoms with Crippen LogP contribution in [0.15, 0.2) is 24.1 Å². The third-order valence-corrected chi connectivity index (χ3v) is 5.38. The molecular formula is C15H28FNS. The number of rotatable bonds is 6. The van der Waals surface area contributed by atoms with Crippen molar-refractivity contribution in [3.63, 3.8) is 0 Å². The zero-order valence-corrected chi connectivity index (χ0v) is 13.7. The number of allylic oxidation sites excluding steroid dienone is 2. The van der Waals surface area contributed by atoms with E-state index in [0.717, 1.165) is 5.57 Å². The number of thioether (sulfide) groups is 1. The number of hydrogen-bond acceptors (Lipinski definition) is 2. The first-order valence-electron chi connectivity index (χ1n) is 6.38. The van der Waals surface area contributed by atoms with Gasteiger partial charge < -0.3 is 5.32 Å². The van der Waals surface area contributed by atoms with E-state index >= 15 is 0 Å². The molecule has 0 aliphatic heterocycles. The van der Waals surface area contributed by atoms with Gasteiger partial charge in [0.15, 0.2) is 0 Å². The van der Waals surface area contributed by atoms with Crippen LogP contribution < -0.4 is 5.32 Å². The van der Waals surface area contributed by atoms with Crippen molar-refractivity contribution in [3.05, 3.63) is 24.1 Å². The highest BCUT2D eigenvalue weighted by atomic mass is 32.2. The summed E-state index contributed by atoms with van der Waals surface area (Å²) in [5.41, 5.74) is 1.25. The van der Waals surface area contributed by atoms with Crippen LogP contribution in [0.3, 0.4) is 0 Å². The SMILES string of the molecule is C=C(F)/C=C(/CNC)C(C)SC(C)(C)C(C)(C)C. The van der Waals surface area contributed by atoms with Crippen molar-refractivity contribution >= 4 is 11.8 Å². The van der Waals surface area contributed by atoms with Gasteiger partial charge in [0.1, 0.15) is 5.83 Å². The minimum atomic E-state index is -0.374. The van der Waals surface area contributed by atoms with Crippen molar-refractivity contribution in [1.82, 2.24) is 5.32 Å². The normalized spacial score (nSPS) is 15.7. The average molecular weight is 273 g/mol. The van der Waals surface area contributed by atoms with E-state index in [0.29, 0.717) is 6.54 Å². The Balaban J connectivity index is 4.92. The first-order chi connectivity index (χ1) is 8.01. The van der Waals surface area contributed by atoms with Crippen molar-refractivity contribution in [1.29, 1.82) is 0 Å². The van der Waals surface area contributed by atoms with Gasteiger partial charge in [-0.05, 0) is 31.0 Å². The molecule has 106 valence electrons. The molecule has 0 radical (unpaired) electrons. The molecule has 0 aliphatic carbocycles. The van der Waals surface area contributed by atoms with Crippen LogP contribution in [0, 0.1) is 5.41 Å². The molecule has 0 aromatic rings. The summed E-state index contributed by atoms with van der Waals surface area (Å²) in [4.78, 5) is 0. The second-order valence-electron chi connectivity index (χ2n) is 6.22. The van der Waals surface area contributed by atoms with Crippen LogP contribution in [0.5, 0.6) is 0 Å². The molecule has 0 aromatic heterocycles. The minimum Gasteiger partial charge on any atom is -0.316 e. The number of likely N-dealkylation sites (N-methyl/N-ethyl adjacent to an activating group) is 1. The van der Waals surface area contributed by atoms with Gasteiger partial charge in [-0.25, -0.2) is 4.39 Å². The summed E-state index contributed by atoms with van der Waals surface area (Å²) in [5.74, 6) is -0.374. The first-order valence-corrected chi connectivity index (χ1v) is 7.26. The van der Waals surface area contributed by atoms with E-state index in [1.54, 1.807) is 6.08 Å². The smallest absolute Gasteiger partial charge is 0.116 e. The Morgan fingerprint density at radius 2 is 1.83 bits per heavy atom. The standard InChI is InChI=1S/C15H28FNS/c1-11(16)9-13(10-17-8)12(2)18-15(6,7)14(3,4)5/h9,12,17H,1,10H2,2-8H3/b13-9-. The summed E-state index contributed by atoms with van der Waals surface area (Å²) < 4.78 is 13.1. The Bertz CT molecular complexity index is 313. The molecule has 1 nitrogen and oxygen atoms in total. The second kappa shape index (κ2) is 6.76. The lowest BCUT2D eigenvalue weighted by Gasteiger charge is -2.40. The van der Waals surface area contributed by atoms with Gasteiger partial charge in [-0.3, -0.25) is 0 Å². The van der Waals surface area contributed by atoms with Gasteiger partial charge in [0.2, 0.25) is 0 Å². The van der Waals surface area contributed by atoms with E-state index < -0.39 is 0 Å². The fourth-order valence-electron chi connectivity index (χ4n) is 1.41. The lowest BCUT2D eigenvalue weighted by atomic mass is 9.82. The Kier molecular flexibility index (Phi) is 6.66. The Morgan fingerprint density at radius 3 is 2.17 bits per heavy atom. The van der Waals surface area contributed by atoms with Crippen LogP contribution in [0.4, 0.5) is 4.39 Å². The molecule has 1 N–H and O–H groups in total. The molecule has 0 aliphatic rings. The molecule has 0 aromatic carbocycles. The van der Waals surface area contributed by atoms with Gasteiger partial charge in [-0.15, -0.1) is 11.8 Å². The van der Waals surface area contributed by atoms with Gasteiger partial charge in [0, 0.05) is 16.5 Å². The topological polar surface area (TPSA) is 12.0 Å². The molecule has 0 saturated carbocycles. The summed E-state index contributed by atoms with van der Waals surface area (Å²) in [6, 6.07) is 0. The zero-order chi connectivity index (χ0) is 14.6. The lowest BCUT2D eigenvalue weighted by molar-refractivity contribution is 0.319. The molecule has 0 saturated heterocycles. The fraction of sp³-hybridized carbons (Fsp3) is 0.733. The molecule has 0 bridgehead atoms. The highest BCUT2D eigenvalue weighted by molar-refractivity contribution is 8.01. The Morgan fingerprint density at radius 1 is 1.33 bits per heavy atom. The third kappa shape index (κ3) is 5.57. The van der Waals surface area contributed by atoms with Crippen molar-refractivity contribution in [2.45, 2.75) is 51.5 Å². The van der Waals surface area contributed by atoms with Gasteiger partial charge in [-0.2, -0.15) is 0 Å². The molecule has 0 rings (SSSR count). The fourth-order valence-corrected chi connectivity index (χ4v) is 2.95. The third-order valence-electron chi connectivity index (χ3n) is 3.52. The summed E-state index contributed by atoms with van der Waals surface area (Å²) in [6.45, 7) is 17.4. The van der Waals surface area contributed by atoms with E-state index in [-0.39, 0.29) is 21.2 Å². The van der Waals surface area contributed by atoms with Crippen LogP contribution in [-0.2, 0) is 0 Å². The van der Waals surface area contributed by atoms with Crippen molar-refractivity contribution < 1.29 is 4.39 Å². The molecule has 0 fully saturated rings. The molecule has 18 heavy (non-hydrogen) atoms. The maximum atomic E-state index is 13.0. The molecular weight excluding hydrogens is 245 g/mol. The van der Waals surface area contributed by atoms with E-state index in [1.807, 2.05) is 18.8 Å². The Labute approximate surface area is 116 Å². The summed E-state index contributed by atoms with van der Waals surface area (Å²) in [5, 5.41) is 3.35. The predicted molar refractivity (Wildman–Crippen MR) is 82.8 cm³/mol. The summed E-state index contributed by atoms with van der Waals surface area (Å²) >= 11 is 1.88. The van der Waals surface area contributed by atoms with Gasteiger partial charge in [0.25, 0.3) is 0 Å². The van der Waals surface area contributed by atoms with Gasteiger partial charge in [-0.1, -0.05) is 41.2 Å². The molecule has 3 heteroatoms. The van der Waals surface area contributed by atoms with E-state index in [2.05, 4.69) is 53.4 Å². The van der Waals surface area contributed by atoms with Crippen LogP contribution in [0.2, 0.25) is 0 Å². The minimum absolute atomic E-state index is 0.122. The first kappa shape index (κ1) is 17.7. The van der Waals surface area contributed by atoms with Crippen LogP contribution in [-0.4, -0.2) is 23.6 Å². The average Bonchev–Trinajstić information content (AvgIpc) is 2.13. The molecule has 1 unspecified atom stereocenters. The maximum absolute atomic E-state index is 13.0. The van der Waals surface area contributed by atoms with E-state index in [4.69, 9.17) is 0 Å². The van der Waals surface area contributed by atoms with Gasteiger partial charge in [0.05, 0.1) is 0 Å². The maximum Gasteiger partial charge on any atom is 0.116 e. The number of halogens is 1. The predicted octanol–water partition coefficient (Wildman–Crippen LogP) is 4.56. The van der Waals surface area contributed by atoms with E-state index in [9.17, 15) is 4.39 Å². The highest BCUT2D eigenvalue weighted by Crippen LogP contribution is 2.44. The van der Waals surface area contributed by atoms with E-state index in [1.165, 1.54) is 0 Å². The molecule has 0 heterocycles. The monoisotopic (exact) mass is 273 g/mol. The van der Waals surface area contributed by atoms with Gasteiger partial charge >= 0.3 is 0 Å². The molecule has 1 atom stereocenters. The van der Waals surface area contributed by atoms with Crippen molar-refractivity contribution in [2.75, 3.05) is 13.6 Å². The van der Waals surface area contributed by atoms with Crippen molar-refractivity contribution in [2.24, 2.45) is 5.41 Å². The molecule has 0 amide bonds. The van der Waals surface area contributed by atoms with Crippen LogP contribution in [0.1, 0.15) is 41.5 Å². The quantitative estimate of drug-likeness (QED) is 0.712. The van der Waals surface area contributed by atoms with Crippen LogP contribution in [0.25, 0.3) is 0 Å². The zero-order valence-electron chi connectivity index (χ0n) is 12.9.